The number of likely N-dealkylation sites (N-methyl/N-ethyl adjacent to an activating group) is 1. The van der Waals surface area contributed by atoms with Gasteiger partial charge < -0.3 is 24.4 Å². The van der Waals surface area contributed by atoms with E-state index >= 15 is 0 Å². The average molecular weight is 490 g/mol. The van der Waals surface area contributed by atoms with Gasteiger partial charge in [-0.1, -0.05) is 54.6 Å². The quantitative estimate of drug-likeness (QED) is 0.465. The fourth-order valence-electron chi connectivity index (χ4n) is 4.27. The van der Waals surface area contributed by atoms with E-state index in [0.29, 0.717) is 36.0 Å². The molecular formula is C29H35N3O4. The van der Waals surface area contributed by atoms with Crippen molar-refractivity contribution in [1.82, 2.24) is 15.1 Å². The lowest BCUT2D eigenvalue weighted by molar-refractivity contribution is 0.0950. The molecule has 7 heteroatoms. The third-order valence-electron chi connectivity index (χ3n) is 6.40. The Bertz CT molecular complexity index is 1120. The van der Waals surface area contributed by atoms with Crippen LogP contribution in [0.2, 0.25) is 0 Å². The van der Waals surface area contributed by atoms with Crippen LogP contribution in [0.3, 0.4) is 0 Å². The van der Waals surface area contributed by atoms with Gasteiger partial charge in [-0.15, -0.1) is 0 Å². The van der Waals surface area contributed by atoms with Crippen LogP contribution in [0.1, 0.15) is 27.0 Å². The number of carbonyl (C=O) groups excluding carboxylic acids is 1. The first-order valence-electron chi connectivity index (χ1n) is 12.3. The third kappa shape index (κ3) is 6.77. The highest BCUT2D eigenvalue weighted by molar-refractivity contribution is 5.95. The van der Waals surface area contributed by atoms with Crippen LogP contribution in [0.25, 0.3) is 0 Å². The van der Waals surface area contributed by atoms with Crippen LogP contribution in [-0.4, -0.2) is 63.2 Å². The Balaban J connectivity index is 1.39. The van der Waals surface area contributed by atoms with E-state index in [2.05, 4.69) is 40.4 Å². The molecule has 0 aliphatic carbocycles. The number of hydrogen-bond acceptors (Lipinski definition) is 6. The number of carbonyl (C=O) groups is 1. The SMILES string of the molecule is COc1cc(C(=O)NCc2cccc(CN3CCN(C)CC3)c2)cc(OC)c1OCc1ccccc1. The molecule has 190 valence electrons. The Labute approximate surface area is 213 Å². The van der Waals surface area contributed by atoms with Gasteiger partial charge in [0.25, 0.3) is 5.91 Å². The first kappa shape index (κ1) is 25.5. The number of methoxy groups -OCH3 is 2. The molecular weight excluding hydrogens is 454 g/mol. The maximum absolute atomic E-state index is 13.0. The van der Waals surface area contributed by atoms with Gasteiger partial charge in [0.1, 0.15) is 6.61 Å². The second-order valence-corrected chi connectivity index (χ2v) is 9.07. The van der Waals surface area contributed by atoms with Gasteiger partial charge in [0.15, 0.2) is 11.5 Å². The first-order valence-corrected chi connectivity index (χ1v) is 12.3. The summed E-state index contributed by atoms with van der Waals surface area (Å²) < 4.78 is 17.1. The van der Waals surface area contributed by atoms with Crippen molar-refractivity contribution in [3.05, 3.63) is 89.0 Å². The molecule has 3 aromatic rings. The first-order chi connectivity index (χ1) is 17.6. The average Bonchev–Trinajstić information content (AvgIpc) is 2.92. The Morgan fingerprint density at radius 2 is 1.47 bits per heavy atom. The van der Waals surface area contributed by atoms with Crippen molar-refractivity contribution in [1.29, 1.82) is 0 Å². The van der Waals surface area contributed by atoms with Gasteiger partial charge in [-0.2, -0.15) is 0 Å². The van der Waals surface area contributed by atoms with Crippen LogP contribution in [0.5, 0.6) is 17.2 Å². The molecule has 0 unspecified atom stereocenters. The lowest BCUT2D eigenvalue weighted by Gasteiger charge is -2.32. The van der Waals surface area contributed by atoms with Crippen molar-refractivity contribution in [2.75, 3.05) is 47.4 Å². The highest BCUT2D eigenvalue weighted by atomic mass is 16.5. The fraction of sp³-hybridized carbons (Fsp3) is 0.345. The summed E-state index contributed by atoms with van der Waals surface area (Å²) in [7, 11) is 5.27. The molecule has 0 aromatic heterocycles. The summed E-state index contributed by atoms with van der Waals surface area (Å²) >= 11 is 0. The molecule has 0 saturated carbocycles. The van der Waals surface area contributed by atoms with Crippen LogP contribution < -0.4 is 19.5 Å². The summed E-state index contributed by atoms with van der Waals surface area (Å²) in [6.07, 6.45) is 0. The molecule has 1 aliphatic rings. The summed E-state index contributed by atoms with van der Waals surface area (Å²) in [5, 5.41) is 3.02. The minimum absolute atomic E-state index is 0.203. The number of rotatable bonds is 10. The second kappa shape index (κ2) is 12.4. The number of nitrogens with zero attached hydrogens (tertiary/aromatic N) is 2. The molecule has 0 radical (unpaired) electrons. The monoisotopic (exact) mass is 489 g/mol. The number of benzene rings is 3. The number of nitrogens with one attached hydrogen (secondary N) is 1. The van der Waals surface area contributed by atoms with Gasteiger partial charge in [0, 0.05) is 44.8 Å². The largest absolute Gasteiger partial charge is 0.493 e. The molecule has 0 spiro atoms. The Kier molecular flexibility index (Phi) is 8.81. The number of hydrogen-bond donors (Lipinski definition) is 1. The van der Waals surface area contributed by atoms with Crippen molar-refractivity contribution in [3.63, 3.8) is 0 Å². The minimum Gasteiger partial charge on any atom is -0.493 e. The van der Waals surface area contributed by atoms with Crippen LogP contribution >= 0.6 is 0 Å². The van der Waals surface area contributed by atoms with Crippen LogP contribution in [0, 0.1) is 0 Å². The summed E-state index contributed by atoms with van der Waals surface area (Å²) in [5.41, 5.74) is 3.80. The summed E-state index contributed by atoms with van der Waals surface area (Å²) in [6, 6.07) is 21.6. The Morgan fingerprint density at radius 1 is 0.833 bits per heavy atom. The fourth-order valence-corrected chi connectivity index (χ4v) is 4.27. The van der Waals surface area contributed by atoms with Crippen molar-refractivity contribution in [2.45, 2.75) is 19.7 Å². The van der Waals surface area contributed by atoms with Gasteiger partial charge >= 0.3 is 0 Å². The predicted octanol–water partition coefficient (Wildman–Crippen LogP) is 3.96. The maximum atomic E-state index is 13.0. The van der Waals surface area contributed by atoms with E-state index in [9.17, 15) is 4.79 Å². The molecule has 1 N–H and O–H groups in total. The molecule has 3 aromatic carbocycles. The predicted molar refractivity (Wildman–Crippen MR) is 141 cm³/mol. The van der Waals surface area contributed by atoms with Gasteiger partial charge in [0.2, 0.25) is 5.75 Å². The maximum Gasteiger partial charge on any atom is 0.251 e. The van der Waals surface area contributed by atoms with E-state index in [0.717, 1.165) is 43.9 Å². The number of ether oxygens (including phenoxy) is 3. The van der Waals surface area contributed by atoms with Crippen LogP contribution in [0.4, 0.5) is 0 Å². The Morgan fingerprint density at radius 3 is 2.14 bits per heavy atom. The summed E-state index contributed by atoms with van der Waals surface area (Å²) in [5.74, 6) is 1.16. The smallest absolute Gasteiger partial charge is 0.251 e. The summed E-state index contributed by atoms with van der Waals surface area (Å²) in [6.45, 7) is 6.07. The topological polar surface area (TPSA) is 63.3 Å². The molecule has 1 fully saturated rings. The molecule has 0 atom stereocenters. The molecule has 36 heavy (non-hydrogen) atoms. The van der Waals surface area contributed by atoms with Gasteiger partial charge in [-0.3, -0.25) is 9.69 Å². The zero-order valence-electron chi connectivity index (χ0n) is 21.3. The zero-order chi connectivity index (χ0) is 25.3. The van der Waals surface area contributed by atoms with Crippen molar-refractivity contribution in [2.24, 2.45) is 0 Å². The van der Waals surface area contributed by atoms with Crippen LogP contribution in [-0.2, 0) is 19.7 Å². The van der Waals surface area contributed by atoms with Gasteiger partial charge in [0.05, 0.1) is 14.2 Å². The number of piperazine rings is 1. The van der Waals surface area contributed by atoms with E-state index in [-0.39, 0.29) is 5.91 Å². The molecule has 1 heterocycles. The van der Waals surface area contributed by atoms with Crippen molar-refractivity contribution >= 4 is 5.91 Å². The lowest BCUT2D eigenvalue weighted by atomic mass is 10.1. The minimum atomic E-state index is -0.203. The van der Waals surface area contributed by atoms with E-state index in [1.807, 2.05) is 36.4 Å². The normalized spacial score (nSPS) is 14.3. The van der Waals surface area contributed by atoms with Gasteiger partial charge in [-0.05, 0) is 35.9 Å². The molecule has 1 saturated heterocycles. The van der Waals surface area contributed by atoms with Gasteiger partial charge in [-0.25, -0.2) is 0 Å². The molecule has 0 bridgehead atoms. The highest BCUT2D eigenvalue weighted by Crippen LogP contribution is 2.39. The standard InChI is InChI=1S/C29H35N3O4/c1-31-12-14-32(15-13-31)20-24-11-7-10-23(16-24)19-30-29(33)25-17-26(34-2)28(27(18-25)35-3)36-21-22-8-5-4-6-9-22/h4-11,16-18H,12-15,19-21H2,1-3H3,(H,30,33). The Hall–Kier alpha value is -3.55. The lowest BCUT2D eigenvalue weighted by Crippen LogP contribution is -2.43. The molecule has 1 aliphatic heterocycles. The zero-order valence-corrected chi connectivity index (χ0v) is 21.3. The third-order valence-corrected chi connectivity index (χ3v) is 6.40. The van der Waals surface area contributed by atoms with E-state index in [1.54, 1.807) is 26.4 Å². The van der Waals surface area contributed by atoms with E-state index in [1.165, 1.54) is 5.56 Å². The second-order valence-electron chi connectivity index (χ2n) is 9.07. The highest BCUT2D eigenvalue weighted by Gasteiger charge is 2.18. The van der Waals surface area contributed by atoms with Crippen LogP contribution in [0.15, 0.2) is 66.7 Å². The molecule has 7 nitrogen and oxygen atoms in total. The van der Waals surface area contributed by atoms with Crippen molar-refractivity contribution in [3.8, 4) is 17.2 Å². The van der Waals surface area contributed by atoms with E-state index < -0.39 is 0 Å². The van der Waals surface area contributed by atoms with E-state index in [4.69, 9.17) is 14.2 Å². The number of amides is 1. The molecule has 4 rings (SSSR count). The molecule has 1 amide bonds. The van der Waals surface area contributed by atoms with Crippen molar-refractivity contribution < 1.29 is 19.0 Å². The summed E-state index contributed by atoms with van der Waals surface area (Å²) in [4.78, 5) is 17.8.